The summed E-state index contributed by atoms with van der Waals surface area (Å²) in [7, 11) is -9.07. The molecular weight excluding hydrogens is 484 g/mol. The number of halogens is 1. The van der Waals surface area contributed by atoms with Gasteiger partial charge < -0.3 is 34.0 Å². The molecular formula is C18H24ClN3O8P2. The number of ether oxygens (including phenoxy) is 2. The van der Waals surface area contributed by atoms with E-state index in [1.165, 1.54) is 0 Å². The Morgan fingerprint density at radius 2 is 2.00 bits per heavy atom. The lowest BCUT2D eigenvalue weighted by Crippen LogP contribution is -2.20. The van der Waals surface area contributed by atoms with E-state index in [2.05, 4.69) is 15.3 Å². The molecule has 2 unspecified atom stereocenters. The minimum Gasteiger partial charge on any atom is -0.379 e. The van der Waals surface area contributed by atoms with E-state index >= 15 is 0 Å². The van der Waals surface area contributed by atoms with Gasteiger partial charge in [-0.3, -0.25) is 9.13 Å². The first kappa shape index (κ1) is 24.0. The van der Waals surface area contributed by atoms with Crippen LogP contribution in [0.25, 0.3) is 10.9 Å². The van der Waals surface area contributed by atoms with E-state index in [1.54, 1.807) is 0 Å². The fourth-order valence-electron chi connectivity index (χ4n) is 3.82. The molecule has 2 aliphatic heterocycles. The summed E-state index contributed by atoms with van der Waals surface area (Å²) in [6.07, 6.45) is 1.35. The zero-order valence-electron chi connectivity index (χ0n) is 17.0. The standard InChI is InChI=1S/C18H24ClN3O8P2/c19-18-21-15-7-11(1-3-14(15)17(22-18)20-12-5-6-28-8-12)16-4-2-13(30-16)9-29-32(26,27)10-31(23,24)25/h1,3,7,12-13,16H,2,4-6,8-10H2,(H,26,27)(H,20,21,22)(H2,23,24,25)/t12?,13-,16+/m0/s1. The maximum atomic E-state index is 11.8. The summed E-state index contributed by atoms with van der Waals surface area (Å²) in [5.41, 5.74) is 1.53. The number of fused-ring (bicyclic) bond motifs is 1. The molecule has 0 aliphatic carbocycles. The van der Waals surface area contributed by atoms with Gasteiger partial charge >= 0.3 is 15.2 Å². The average molecular weight is 508 g/mol. The summed E-state index contributed by atoms with van der Waals surface area (Å²) in [5, 5.41) is 4.30. The van der Waals surface area contributed by atoms with Gasteiger partial charge in [0.05, 0.1) is 37.0 Å². The molecule has 0 radical (unpaired) electrons. The zero-order valence-corrected chi connectivity index (χ0v) is 19.5. The Kier molecular flexibility index (Phi) is 7.22. The smallest absolute Gasteiger partial charge is 0.340 e. The van der Waals surface area contributed by atoms with Crippen molar-refractivity contribution in [3.05, 3.63) is 29.0 Å². The molecule has 0 saturated carbocycles. The van der Waals surface area contributed by atoms with Gasteiger partial charge in [0, 0.05) is 12.0 Å². The molecule has 0 spiro atoms. The molecule has 2 aliphatic rings. The molecule has 0 amide bonds. The summed E-state index contributed by atoms with van der Waals surface area (Å²) >= 11 is 6.13. The Morgan fingerprint density at radius 1 is 1.19 bits per heavy atom. The lowest BCUT2D eigenvalue weighted by Gasteiger charge is -2.18. The summed E-state index contributed by atoms with van der Waals surface area (Å²) in [6.45, 7) is 1.08. The van der Waals surface area contributed by atoms with Crippen molar-refractivity contribution in [2.24, 2.45) is 0 Å². The van der Waals surface area contributed by atoms with Gasteiger partial charge in [-0.05, 0) is 48.6 Å². The molecule has 3 heterocycles. The van der Waals surface area contributed by atoms with Crippen LogP contribution in [-0.2, 0) is 23.1 Å². The van der Waals surface area contributed by atoms with E-state index in [0.717, 1.165) is 17.4 Å². The predicted molar refractivity (Wildman–Crippen MR) is 117 cm³/mol. The highest BCUT2D eigenvalue weighted by Crippen LogP contribution is 2.55. The number of benzene rings is 1. The third-order valence-electron chi connectivity index (χ3n) is 5.27. The fourth-order valence-corrected chi connectivity index (χ4v) is 6.58. The molecule has 2 aromatic rings. The summed E-state index contributed by atoms with van der Waals surface area (Å²) in [4.78, 5) is 36.0. The third-order valence-corrected chi connectivity index (χ3v) is 8.89. The predicted octanol–water partition coefficient (Wildman–Crippen LogP) is 3.04. The number of hydrogen-bond acceptors (Lipinski definition) is 8. The first-order valence-corrected chi connectivity index (χ1v) is 14.0. The van der Waals surface area contributed by atoms with Crippen LogP contribution in [0.3, 0.4) is 0 Å². The molecule has 14 heteroatoms. The molecule has 4 rings (SSSR count). The number of nitrogens with zero attached hydrogens (tertiary/aromatic N) is 2. The molecule has 1 aromatic heterocycles. The van der Waals surface area contributed by atoms with Gasteiger partial charge in [0.25, 0.3) is 0 Å². The van der Waals surface area contributed by atoms with Crippen LogP contribution >= 0.6 is 26.8 Å². The number of nitrogens with one attached hydrogen (secondary N) is 1. The second-order valence-electron chi connectivity index (χ2n) is 7.89. The second kappa shape index (κ2) is 9.62. The van der Waals surface area contributed by atoms with E-state index in [4.69, 9.17) is 35.4 Å². The van der Waals surface area contributed by atoms with Crippen molar-refractivity contribution in [1.82, 2.24) is 9.97 Å². The van der Waals surface area contributed by atoms with Crippen LogP contribution in [0.15, 0.2) is 18.2 Å². The van der Waals surface area contributed by atoms with Crippen molar-refractivity contribution in [1.29, 1.82) is 0 Å². The summed E-state index contributed by atoms with van der Waals surface area (Å²) < 4.78 is 39.0. The first-order chi connectivity index (χ1) is 15.1. The van der Waals surface area contributed by atoms with Crippen molar-refractivity contribution >= 4 is 43.5 Å². The topological polar surface area (TPSA) is 160 Å². The van der Waals surface area contributed by atoms with Gasteiger partial charge in [0.15, 0.2) is 5.90 Å². The molecule has 11 nitrogen and oxygen atoms in total. The van der Waals surface area contributed by atoms with Crippen LogP contribution in [0.5, 0.6) is 0 Å². The molecule has 4 atom stereocenters. The highest BCUT2D eigenvalue weighted by Gasteiger charge is 2.34. The van der Waals surface area contributed by atoms with Crippen molar-refractivity contribution in [3.8, 4) is 0 Å². The largest absolute Gasteiger partial charge is 0.379 e. The number of anilines is 1. The highest BCUT2D eigenvalue weighted by atomic mass is 35.5. The molecule has 2 saturated heterocycles. The van der Waals surface area contributed by atoms with Gasteiger partial charge in [0.2, 0.25) is 5.28 Å². The molecule has 1 aromatic carbocycles. The van der Waals surface area contributed by atoms with Crippen molar-refractivity contribution in [2.45, 2.75) is 37.5 Å². The lowest BCUT2D eigenvalue weighted by atomic mass is 10.0. The van der Waals surface area contributed by atoms with Crippen molar-refractivity contribution < 1.29 is 37.8 Å². The molecule has 2 fully saturated rings. The normalized spacial score (nSPS) is 25.8. The molecule has 0 bridgehead atoms. The number of hydrogen-bond donors (Lipinski definition) is 4. The Labute approximate surface area is 189 Å². The second-order valence-corrected chi connectivity index (χ2v) is 12.2. The monoisotopic (exact) mass is 507 g/mol. The van der Waals surface area contributed by atoms with E-state index in [0.29, 0.717) is 37.4 Å². The van der Waals surface area contributed by atoms with E-state index in [1.807, 2.05) is 18.2 Å². The van der Waals surface area contributed by atoms with Crippen LogP contribution in [0.2, 0.25) is 5.28 Å². The Bertz CT molecular complexity index is 1080. The maximum absolute atomic E-state index is 11.8. The molecule has 32 heavy (non-hydrogen) atoms. The van der Waals surface area contributed by atoms with Crippen LogP contribution in [0, 0.1) is 0 Å². The Balaban J connectivity index is 1.43. The van der Waals surface area contributed by atoms with Crippen LogP contribution in [-0.4, -0.2) is 62.5 Å². The first-order valence-electron chi connectivity index (χ1n) is 10.1. The van der Waals surface area contributed by atoms with Gasteiger partial charge in [-0.1, -0.05) is 6.07 Å². The lowest BCUT2D eigenvalue weighted by molar-refractivity contribution is 0.0150. The average Bonchev–Trinajstić information content (AvgIpc) is 3.36. The quantitative estimate of drug-likeness (QED) is 0.307. The SMILES string of the molecule is O=P(O)(O)CP(=O)(O)OC[C@@H]1CC[C@H](c2ccc3c(NC4CCOC4)nc(Cl)nc3c2)O1. The minimum atomic E-state index is -4.66. The van der Waals surface area contributed by atoms with Gasteiger partial charge in [-0.2, -0.15) is 0 Å². The zero-order chi connectivity index (χ0) is 22.9. The van der Waals surface area contributed by atoms with Gasteiger partial charge in [-0.25, -0.2) is 9.97 Å². The van der Waals surface area contributed by atoms with Crippen LogP contribution < -0.4 is 5.32 Å². The third kappa shape index (κ3) is 6.26. The summed E-state index contributed by atoms with van der Waals surface area (Å²) in [6, 6.07) is 5.84. The van der Waals surface area contributed by atoms with E-state index < -0.39 is 27.2 Å². The van der Waals surface area contributed by atoms with Crippen LogP contribution in [0.1, 0.15) is 30.9 Å². The minimum absolute atomic E-state index is 0.124. The molecule has 4 N–H and O–H groups in total. The van der Waals surface area contributed by atoms with E-state index in [9.17, 15) is 14.0 Å². The Morgan fingerprint density at radius 3 is 2.72 bits per heavy atom. The van der Waals surface area contributed by atoms with Gasteiger partial charge in [0.1, 0.15) is 5.82 Å². The van der Waals surface area contributed by atoms with Gasteiger partial charge in [-0.15, -0.1) is 0 Å². The van der Waals surface area contributed by atoms with Crippen LogP contribution in [0.4, 0.5) is 5.82 Å². The van der Waals surface area contributed by atoms with Crippen molar-refractivity contribution in [2.75, 3.05) is 31.0 Å². The van der Waals surface area contributed by atoms with Crippen molar-refractivity contribution in [3.63, 3.8) is 0 Å². The summed E-state index contributed by atoms with van der Waals surface area (Å²) in [5.74, 6) is -0.575. The fraction of sp³-hybridized carbons (Fsp3) is 0.556. The number of rotatable bonds is 8. The highest BCUT2D eigenvalue weighted by molar-refractivity contribution is 7.70. The van der Waals surface area contributed by atoms with E-state index in [-0.39, 0.29) is 24.0 Å². The Hall–Kier alpha value is -1.13. The number of aromatic nitrogens is 2. The molecule has 176 valence electrons. The maximum Gasteiger partial charge on any atom is 0.340 e.